The van der Waals surface area contributed by atoms with Crippen molar-refractivity contribution in [2.75, 3.05) is 19.6 Å². The van der Waals surface area contributed by atoms with Crippen LogP contribution in [-0.2, 0) is 23.2 Å². The Bertz CT molecular complexity index is 567. The number of alkyl halides is 1. The van der Waals surface area contributed by atoms with Gasteiger partial charge in [-0.25, -0.2) is 0 Å². The van der Waals surface area contributed by atoms with E-state index in [-0.39, 0.29) is 24.3 Å². The summed E-state index contributed by atoms with van der Waals surface area (Å²) in [4.78, 5) is 28.7. The first kappa shape index (κ1) is 21.6. The summed E-state index contributed by atoms with van der Waals surface area (Å²) in [5.41, 5.74) is 1.07. The van der Waals surface area contributed by atoms with Crippen molar-refractivity contribution in [3.05, 3.63) is 24.0 Å². The number of aryl methyl sites for hydroxylation is 1. The molecule has 5 nitrogen and oxygen atoms in total. The monoisotopic (exact) mass is 369 g/mol. The molecule has 2 amide bonds. The molecule has 0 aliphatic heterocycles. The van der Waals surface area contributed by atoms with E-state index < -0.39 is 5.38 Å². The highest BCUT2D eigenvalue weighted by Gasteiger charge is 2.25. The first-order valence-electron chi connectivity index (χ1n) is 8.92. The molecule has 0 aliphatic rings. The van der Waals surface area contributed by atoms with E-state index in [1.54, 1.807) is 11.8 Å². The van der Waals surface area contributed by atoms with E-state index in [1.807, 2.05) is 48.7 Å². The first-order valence-corrected chi connectivity index (χ1v) is 9.36. The Morgan fingerprint density at radius 3 is 2.08 bits per heavy atom. The lowest BCUT2D eigenvalue weighted by molar-refractivity contribution is -0.141. The van der Waals surface area contributed by atoms with Crippen LogP contribution in [-0.4, -0.2) is 51.2 Å². The maximum Gasteiger partial charge on any atom is 0.242 e. The van der Waals surface area contributed by atoms with Crippen molar-refractivity contribution < 1.29 is 9.59 Å². The lowest BCUT2D eigenvalue weighted by Gasteiger charge is -2.30. The average molecular weight is 370 g/mol. The van der Waals surface area contributed by atoms with Crippen LogP contribution in [0.15, 0.2) is 18.3 Å². The maximum absolute atomic E-state index is 12.9. The molecule has 1 atom stereocenters. The van der Waals surface area contributed by atoms with Crippen LogP contribution in [0.3, 0.4) is 0 Å². The van der Waals surface area contributed by atoms with Crippen LogP contribution in [0.1, 0.15) is 40.3 Å². The molecule has 0 saturated carbocycles. The van der Waals surface area contributed by atoms with Crippen molar-refractivity contribution >= 4 is 23.4 Å². The van der Waals surface area contributed by atoms with Gasteiger partial charge < -0.3 is 14.4 Å². The van der Waals surface area contributed by atoms with Gasteiger partial charge >= 0.3 is 0 Å². The molecule has 0 spiro atoms. The number of rotatable bonds is 9. The zero-order valence-corrected chi connectivity index (χ0v) is 17.1. The summed E-state index contributed by atoms with van der Waals surface area (Å²) >= 11 is 5.97. The van der Waals surface area contributed by atoms with Crippen LogP contribution < -0.4 is 0 Å². The Hall–Kier alpha value is -1.49. The standard InChI is InChI=1S/C19H32ClN3O2/c1-14(2)10-22(12-17-8-7-9-21(17)6)18(24)13-23(11-15(3)4)19(25)16(5)20/h7-9,14-16H,10-13H2,1-6H3. The molecule has 6 heteroatoms. The van der Waals surface area contributed by atoms with Crippen molar-refractivity contribution in [2.24, 2.45) is 18.9 Å². The summed E-state index contributed by atoms with van der Waals surface area (Å²) in [5, 5.41) is -0.627. The van der Waals surface area contributed by atoms with Gasteiger partial charge in [-0.1, -0.05) is 27.7 Å². The zero-order chi connectivity index (χ0) is 19.1. The maximum atomic E-state index is 12.9. The predicted octanol–water partition coefficient (Wildman–Crippen LogP) is 3.12. The molecule has 1 aromatic rings. The van der Waals surface area contributed by atoms with Crippen LogP contribution in [0.4, 0.5) is 0 Å². The lowest BCUT2D eigenvalue weighted by atomic mass is 10.1. The van der Waals surface area contributed by atoms with E-state index >= 15 is 0 Å². The second-order valence-electron chi connectivity index (χ2n) is 7.51. The van der Waals surface area contributed by atoms with E-state index in [9.17, 15) is 9.59 Å². The smallest absolute Gasteiger partial charge is 0.242 e. The minimum absolute atomic E-state index is 0.0405. The topological polar surface area (TPSA) is 45.6 Å². The fourth-order valence-electron chi connectivity index (χ4n) is 2.74. The number of hydrogen-bond donors (Lipinski definition) is 0. The van der Waals surface area contributed by atoms with Crippen LogP contribution in [0.25, 0.3) is 0 Å². The summed E-state index contributed by atoms with van der Waals surface area (Å²) in [5.74, 6) is 0.400. The van der Waals surface area contributed by atoms with Crippen molar-refractivity contribution in [1.82, 2.24) is 14.4 Å². The third-order valence-corrected chi connectivity index (χ3v) is 4.09. The van der Waals surface area contributed by atoms with Gasteiger partial charge in [0, 0.05) is 32.0 Å². The molecule has 1 unspecified atom stereocenters. The number of carbonyl (C=O) groups is 2. The Morgan fingerprint density at radius 2 is 1.64 bits per heavy atom. The predicted molar refractivity (Wildman–Crippen MR) is 102 cm³/mol. The van der Waals surface area contributed by atoms with Crippen molar-refractivity contribution in [3.63, 3.8) is 0 Å². The van der Waals surface area contributed by atoms with E-state index in [0.717, 1.165) is 5.69 Å². The van der Waals surface area contributed by atoms with Crippen LogP contribution >= 0.6 is 11.6 Å². The largest absolute Gasteiger partial charge is 0.353 e. The Balaban J connectivity index is 2.90. The molecule has 0 aromatic carbocycles. The van der Waals surface area contributed by atoms with Gasteiger partial charge in [-0.3, -0.25) is 9.59 Å². The summed E-state index contributed by atoms with van der Waals surface area (Å²) in [6, 6.07) is 3.98. The van der Waals surface area contributed by atoms with Gasteiger partial charge in [0.1, 0.15) is 5.38 Å². The number of halogens is 1. The van der Waals surface area contributed by atoms with Crippen molar-refractivity contribution in [1.29, 1.82) is 0 Å². The Kier molecular flexibility index (Phi) is 8.50. The van der Waals surface area contributed by atoms with Crippen molar-refractivity contribution in [2.45, 2.75) is 46.5 Å². The molecule has 0 fully saturated rings. The molecule has 1 heterocycles. The summed E-state index contributed by atoms with van der Waals surface area (Å²) in [7, 11) is 1.97. The normalized spacial score (nSPS) is 12.5. The van der Waals surface area contributed by atoms with E-state index in [0.29, 0.717) is 25.6 Å². The third-order valence-electron chi connectivity index (χ3n) is 3.91. The molecule has 0 radical (unpaired) electrons. The summed E-state index contributed by atoms with van der Waals surface area (Å²) < 4.78 is 2.01. The van der Waals surface area contributed by atoms with Gasteiger partial charge in [-0.2, -0.15) is 0 Å². The summed E-state index contributed by atoms with van der Waals surface area (Å²) in [6.07, 6.45) is 1.97. The minimum Gasteiger partial charge on any atom is -0.353 e. The molecular weight excluding hydrogens is 338 g/mol. The number of carbonyl (C=O) groups excluding carboxylic acids is 2. The number of aromatic nitrogens is 1. The van der Waals surface area contributed by atoms with Crippen LogP contribution in [0.2, 0.25) is 0 Å². The lowest BCUT2D eigenvalue weighted by Crippen LogP contribution is -2.46. The molecule has 25 heavy (non-hydrogen) atoms. The van der Waals surface area contributed by atoms with E-state index in [1.165, 1.54) is 0 Å². The van der Waals surface area contributed by atoms with Crippen LogP contribution in [0, 0.1) is 11.8 Å². The molecule has 0 bridgehead atoms. The van der Waals surface area contributed by atoms with Gasteiger partial charge in [0.15, 0.2) is 0 Å². The minimum atomic E-state index is -0.627. The number of hydrogen-bond acceptors (Lipinski definition) is 2. The first-order chi connectivity index (χ1) is 11.6. The highest BCUT2D eigenvalue weighted by Crippen LogP contribution is 2.11. The molecule has 1 rings (SSSR count). The zero-order valence-electron chi connectivity index (χ0n) is 16.3. The molecule has 142 valence electrons. The number of nitrogens with zero attached hydrogens (tertiary/aromatic N) is 3. The van der Waals surface area contributed by atoms with Gasteiger partial charge in [-0.15, -0.1) is 11.6 Å². The Morgan fingerprint density at radius 1 is 1.08 bits per heavy atom. The van der Waals surface area contributed by atoms with Crippen LogP contribution in [0.5, 0.6) is 0 Å². The van der Waals surface area contributed by atoms with E-state index in [2.05, 4.69) is 13.8 Å². The second-order valence-corrected chi connectivity index (χ2v) is 8.16. The third kappa shape index (κ3) is 7.10. The molecule has 0 saturated heterocycles. The highest BCUT2D eigenvalue weighted by molar-refractivity contribution is 6.30. The van der Waals surface area contributed by atoms with E-state index in [4.69, 9.17) is 11.6 Å². The molecular formula is C19H32ClN3O2. The SMILES string of the molecule is CC(C)CN(Cc1cccn1C)C(=O)CN(CC(C)C)C(=O)C(C)Cl. The fourth-order valence-corrected chi connectivity index (χ4v) is 2.88. The van der Waals surface area contributed by atoms with Gasteiger partial charge in [0.05, 0.1) is 13.1 Å². The highest BCUT2D eigenvalue weighted by atomic mass is 35.5. The van der Waals surface area contributed by atoms with Gasteiger partial charge in [0.2, 0.25) is 11.8 Å². The summed E-state index contributed by atoms with van der Waals surface area (Å²) in [6.45, 7) is 11.7. The fraction of sp³-hybridized carbons (Fsp3) is 0.684. The number of amides is 2. The Labute approximate surface area is 156 Å². The molecule has 0 N–H and O–H groups in total. The average Bonchev–Trinajstić information content (AvgIpc) is 2.89. The van der Waals surface area contributed by atoms with Gasteiger partial charge in [-0.05, 0) is 30.9 Å². The molecule has 1 aromatic heterocycles. The van der Waals surface area contributed by atoms with Gasteiger partial charge in [0.25, 0.3) is 0 Å². The van der Waals surface area contributed by atoms with Crippen molar-refractivity contribution in [3.8, 4) is 0 Å². The second kappa shape index (κ2) is 9.85. The molecule has 0 aliphatic carbocycles. The quantitative estimate of drug-likeness (QED) is 0.628.